The van der Waals surface area contributed by atoms with Crippen LogP contribution in [0.4, 0.5) is 5.69 Å². The second kappa shape index (κ2) is 7.77. The van der Waals surface area contributed by atoms with Crippen LogP contribution < -0.4 is 14.8 Å². The highest BCUT2D eigenvalue weighted by atomic mass is 16.5. The van der Waals surface area contributed by atoms with Gasteiger partial charge in [-0.25, -0.2) is 0 Å². The molecule has 7 nitrogen and oxygen atoms in total. The highest BCUT2D eigenvalue weighted by Gasteiger charge is 2.14. The normalized spacial score (nSPS) is 10.6. The maximum absolute atomic E-state index is 12.3. The molecule has 0 aliphatic heterocycles. The molecule has 1 amide bonds. The molecule has 0 bridgehead atoms. The molecule has 0 saturated carbocycles. The number of ether oxygens (including phenoxy) is 2. The molecule has 0 aliphatic rings. The first-order chi connectivity index (χ1) is 12.6. The van der Waals surface area contributed by atoms with E-state index < -0.39 is 0 Å². The van der Waals surface area contributed by atoms with Gasteiger partial charge in [-0.1, -0.05) is 0 Å². The third kappa shape index (κ3) is 3.88. The van der Waals surface area contributed by atoms with E-state index in [1.165, 1.54) is 0 Å². The highest BCUT2D eigenvalue weighted by molar-refractivity contribution is 6.02. The van der Waals surface area contributed by atoms with E-state index in [0.29, 0.717) is 17.2 Å². The minimum Gasteiger partial charge on any atom is -0.497 e. The molecule has 3 aromatic rings. The minimum absolute atomic E-state index is 0.224. The summed E-state index contributed by atoms with van der Waals surface area (Å²) >= 11 is 0. The van der Waals surface area contributed by atoms with Gasteiger partial charge in [0.05, 0.1) is 24.7 Å². The van der Waals surface area contributed by atoms with Crippen molar-refractivity contribution in [2.24, 2.45) is 0 Å². The number of carbonyl (C=O) groups excluding carboxylic acids is 1. The minimum atomic E-state index is -0.320. The Kier molecular flexibility index (Phi) is 5.26. The molecule has 2 heterocycles. The van der Waals surface area contributed by atoms with Crippen LogP contribution in [0.15, 0.2) is 47.0 Å². The monoisotopic (exact) mass is 355 g/mol. The lowest BCUT2D eigenvalue weighted by Crippen LogP contribution is -2.11. The van der Waals surface area contributed by atoms with Gasteiger partial charge in [-0.3, -0.25) is 9.48 Å². The van der Waals surface area contributed by atoms with Crippen molar-refractivity contribution in [3.63, 3.8) is 0 Å². The molecule has 0 fully saturated rings. The zero-order valence-corrected chi connectivity index (χ0v) is 15.0. The van der Waals surface area contributed by atoms with Crippen LogP contribution in [0.3, 0.4) is 0 Å². The molecule has 26 heavy (non-hydrogen) atoms. The number of amides is 1. The lowest BCUT2D eigenvalue weighted by atomic mass is 10.3. The molecule has 1 aromatic carbocycles. The topological polar surface area (TPSA) is 78.5 Å². The number of methoxy groups -OCH3 is 1. The van der Waals surface area contributed by atoms with Crippen molar-refractivity contribution >= 4 is 11.6 Å². The molecule has 136 valence electrons. The number of hydrogen-bond donors (Lipinski definition) is 1. The number of nitrogens with zero attached hydrogens (tertiary/aromatic N) is 2. The van der Waals surface area contributed by atoms with Gasteiger partial charge in [0.1, 0.15) is 23.9 Å². The van der Waals surface area contributed by atoms with Gasteiger partial charge in [0.25, 0.3) is 5.91 Å². The third-order valence-corrected chi connectivity index (χ3v) is 3.98. The summed E-state index contributed by atoms with van der Waals surface area (Å²) in [6.07, 6.45) is 1.63. The number of benzene rings is 1. The van der Waals surface area contributed by atoms with E-state index in [0.717, 1.165) is 18.0 Å². The lowest BCUT2D eigenvalue weighted by molar-refractivity contribution is 0.0992. The first-order valence-corrected chi connectivity index (χ1v) is 8.30. The van der Waals surface area contributed by atoms with E-state index >= 15 is 0 Å². The molecule has 1 N–H and O–H groups in total. The first-order valence-electron chi connectivity index (χ1n) is 8.30. The first kappa shape index (κ1) is 17.6. The van der Waals surface area contributed by atoms with Crippen molar-refractivity contribution in [1.29, 1.82) is 0 Å². The van der Waals surface area contributed by atoms with Crippen molar-refractivity contribution in [1.82, 2.24) is 9.78 Å². The molecule has 0 aliphatic carbocycles. The number of rotatable bonds is 7. The van der Waals surface area contributed by atoms with E-state index in [1.807, 2.05) is 42.8 Å². The Morgan fingerprint density at radius 1 is 1.19 bits per heavy atom. The van der Waals surface area contributed by atoms with Crippen molar-refractivity contribution in [3.05, 3.63) is 59.8 Å². The van der Waals surface area contributed by atoms with Gasteiger partial charge in [0.2, 0.25) is 0 Å². The number of aryl methyl sites for hydroxylation is 1. The van der Waals surface area contributed by atoms with E-state index in [-0.39, 0.29) is 18.3 Å². The zero-order chi connectivity index (χ0) is 18.5. The molecule has 0 unspecified atom stereocenters. The Morgan fingerprint density at radius 2 is 1.92 bits per heavy atom. The molecule has 0 atom stereocenters. The van der Waals surface area contributed by atoms with Crippen molar-refractivity contribution in [2.45, 2.75) is 27.0 Å². The molecule has 2 aromatic heterocycles. The molecule has 7 heteroatoms. The average molecular weight is 355 g/mol. The van der Waals surface area contributed by atoms with E-state index in [4.69, 9.17) is 13.9 Å². The number of hydrogen-bond acceptors (Lipinski definition) is 5. The quantitative estimate of drug-likeness (QED) is 0.700. The van der Waals surface area contributed by atoms with Gasteiger partial charge in [-0.2, -0.15) is 5.10 Å². The van der Waals surface area contributed by atoms with Crippen LogP contribution >= 0.6 is 0 Å². The van der Waals surface area contributed by atoms with Crippen LogP contribution in [0.5, 0.6) is 11.5 Å². The maximum atomic E-state index is 12.3. The fraction of sp³-hybridized carbons (Fsp3) is 0.263. The summed E-state index contributed by atoms with van der Waals surface area (Å²) in [4.78, 5) is 12.3. The van der Waals surface area contributed by atoms with E-state index in [9.17, 15) is 4.79 Å². The summed E-state index contributed by atoms with van der Waals surface area (Å²) in [5, 5.41) is 7.01. The molecule has 0 saturated heterocycles. The van der Waals surface area contributed by atoms with Gasteiger partial charge >= 0.3 is 0 Å². The van der Waals surface area contributed by atoms with E-state index in [2.05, 4.69) is 10.4 Å². The average Bonchev–Trinajstić information content (AvgIpc) is 3.28. The van der Waals surface area contributed by atoms with Crippen LogP contribution in [-0.4, -0.2) is 22.8 Å². The summed E-state index contributed by atoms with van der Waals surface area (Å²) in [5.74, 6) is 1.92. The fourth-order valence-electron chi connectivity index (χ4n) is 2.48. The van der Waals surface area contributed by atoms with Crippen molar-refractivity contribution in [3.8, 4) is 11.5 Å². The van der Waals surface area contributed by atoms with Gasteiger partial charge in [-0.15, -0.1) is 0 Å². The molecule has 0 spiro atoms. The van der Waals surface area contributed by atoms with Crippen molar-refractivity contribution < 1.29 is 18.7 Å². The predicted molar refractivity (Wildman–Crippen MR) is 96.6 cm³/mol. The highest BCUT2D eigenvalue weighted by Crippen LogP contribution is 2.20. The summed E-state index contributed by atoms with van der Waals surface area (Å²) in [6, 6.07) is 10.6. The summed E-state index contributed by atoms with van der Waals surface area (Å²) in [7, 11) is 1.61. The largest absolute Gasteiger partial charge is 0.497 e. The summed E-state index contributed by atoms with van der Waals surface area (Å²) in [6.45, 7) is 4.87. The number of aromatic nitrogens is 2. The SMILES string of the molecule is CCn1ncc(NC(=O)c2ccc(COc3ccc(OC)cc3)o2)c1C. The Hall–Kier alpha value is -3.22. The molecular formula is C19H21N3O4. The standard InChI is InChI=1S/C19H21N3O4/c1-4-22-13(2)17(11-20-22)21-19(23)18-10-9-16(26-18)12-25-15-7-5-14(24-3)6-8-15/h5-11H,4,12H2,1-3H3,(H,21,23). The van der Waals surface area contributed by atoms with Crippen LogP contribution in [0.2, 0.25) is 0 Å². The maximum Gasteiger partial charge on any atom is 0.291 e. The Morgan fingerprint density at radius 3 is 2.58 bits per heavy atom. The van der Waals surface area contributed by atoms with Crippen LogP contribution in [0, 0.1) is 6.92 Å². The predicted octanol–water partition coefficient (Wildman–Crippen LogP) is 3.64. The third-order valence-electron chi connectivity index (χ3n) is 3.98. The smallest absolute Gasteiger partial charge is 0.291 e. The number of furan rings is 1. The number of nitrogens with one attached hydrogen (secondary N) is 1. The molecular weight excluding hydrogens is 334 g/mol. The second-order valence-corrected chi connectivity index (χ2v) is 5.64. The Labute approximate surface area is 151 Å². The summed E-state index contributed by atoms with van der Waals surface area (Å²) < 4.78 is 18.1. The van der Waals surface area contributed by atoms with Gasteiger partial charge in [-0.05, 0) is 50.2 Å². The van der Waals surface area contributed by atoms with Gasteiger partial charge in [0.15, 0.2) is 5.76 Å². The van der Waals surface area contributed by atoms with Gasteiger partial charge in [0, 0.05) is 6.54 Å². The molecule has 3 rings (SSSR count). The fourth-order valence-corrected chi connectivity index (χ4v) is 2.48. The zero-order valence-electron chi connectivity index (χ0n) is 15.0. The van der Waals surface area contributed by atoms with Crippen LogP contribution in [0.1, 0.15) is 28.9 Å². The summed E-state index contributed by atoms with van der Waals surface area (Å²) in [5.41, 5.74) is 1.57. The molecule has 0 radical (unpaired) electrons. The Balaban J connectivity index is 1.59. The second-order valence-electron chi connectivity index (χ2n) is 5.64. The van der Waals surface area contributed by atoms with E-state index in [1.54, 1.807) is 25.4 Å². The van der Waals surface area contributed by atoms with Crippen LogP contribution in [-0.2, 0) is 13.2 Å². The Bertz CT molecular complexity index is 881. The number of anilines is 1. The number of carbonyl (C=O) groups is 1. The van der Waals surface area contributed by atoms with Crippen molar-refractivity contribution in [2.75, 3.05) is 12.4 Å². The van der Waals surface area contributed by atoms with Gasteiger partial charge < -0.3 is 19.2 Å². The lowest BCUT2D eigenvalue weighted by Gasteiger charge is -2.05. The van der Waals surface area contributed by atoms with Crippen LogP contribution in [0.25, 0.3) is 0 Å².